The molecule has 1 aliphatic heterocycles. The zero-order valence-electron chi connectivity index (χ0n) is 8.68. The number of amidine groups is 1. The first-order valence-corrected chi connectivity index (χ1v) is 5.12. The Bertz CT molecular complexity index is 164. The van der Waals surface area contributed by atoms with Crippen LogP contribution in [0.25, 0.3) is 0 Å². The van der Waals surface area contributed by atoms with Crippen LogP contribution < -0.4 is 0 Å². The maximum atomic E-state index is 7.76. The molecule has 0 spiro atoms. The lowest BCUT2D eigenvalue weighted by Gasteiger charge is -2.28. The molecule has 0 bridgehead atoms. The average Bonchev–Trinajstić information content (AvgIpc) is 2.51. The van der Waals surface area contributed by atoms with Gasteiger partial charge in [-0.25, -0.2) is 0 Å². The zero-order chi connectivity index (χ0) is 9.68. The van der Waals surface area contributed by atoms with Crippen molar-refractivity contribution in [3.8, 4) is 0 Å². The van der Waals surface area contributed by atoms with E-state index in [0.717, 1.165) is 44.7 Å². The smallest absolute Gasteiger partial charge is 0.0961 e. The maximum absolute atomic E-state index is 7.76. The first-order valence-electron chi connectivity index (χ1n) is 5.12. The van der Waals surface area contributed by atoms with Gasteiger partial charge in [-0.15, -0.1) is 0 Å². The van der Waals surface area contributed by atoms with Crippen molar-refractivity contribution in [3.63, 3.8) is 0 Å². The Hall–Kier alpha value is -0.570. The number of methoxy groups -OCH3 is 1. The summed E-state index contributed by atoms with van der Waals surface area (Å²) in [5.74, 6) is 0.801. The van der Waals surface area contributed by atoms with Crippen molar-refractivity contribution in [2.24, 2.45) is 0 Å². The lowest BCUT2D eigenvalue weighted by molar-refractivity contribution is 0.126. The van der Waals surface area contributed by atoms with Crippen molar-refractivity contribution in [2.75, 3.05) is 20.3 Å². The molecule has 0 aromatic rings. The van der Waals surface area contributed by atoms with Crippen LogP contribution in [0.15, 0.2) is 0 Å². The highest BCUT2D eigenvalue weighted by atomic mass is 16.5. The first kappa shape index (κ1) is 10.5. The molecule has 3 heteroatoms. The summed E-state index contributed by atoms with van der Waals surface area (Å²) in [6.45, 7) is 3.99. The van der Waals surface area contributed by atoms with Crippen molar-refractivity contribution >= 4 is 5.84 Å². The molecule has 1 aliphatic rings. The number of ether oxygens (including phenoxy) is 1. The largest absolute Gasteiger partial charge is 0.383 e. The normalized spacial score (nSPS) is 19.5. The molecule has 0 radical (unpaired) electrons. The van der Waals surface area contributed by atoms with E-state index in [0.29, 0.717) is 6.04 Å². The molecule has 1 rings (SSSR count). The van der Waals surface area contributed by atoms with Crippen LogP contribution in [-0.2, 0) is 4.74 Å². The summed E-state index contributed by atoms with van der Waals surface area (Å²) in [6, 6.07) is 0.435. The molecule has 13 heavy (non-hydrogen) atoms. The Labute approximate surface area is 80.6 Å². The van der Waals surface area contributed by atoms with Gasteiger partial charge in [0.05, 0.1) is 18.5 Å². The summed E-state index contributed by atoms with van der Waals surface area (Å²) in [7, 11) is 1.74. The van der Waals surface area contributed by atoms with Gasteiger partial charge in [-0.1, -0.05) is 13.3 Å². The van der Waals surface area contributed by atoms with E-state index in [-0.39, 0.29) is 0 Å². The van der Waals surface area contributed by atoms with Crippen LogP contribution in [0.2, 0.25) is 0 Å². The maximum Gasteiger partial charge on any atom is 0.0961 e. The minimum Gasteiger partial charge on any atom is -0.383 e. The zero-order valence-corrected chi connectivity index (χ0v) is 8.68. The van der Waals surface area contributed by atoms with Gasteiger partial charge in [-0.3, -0.25) is 5.41 Å². The van der Waals surface area contributed by atoms with Crippen molar-refractivity contribution in [3.05, 3.63) is 0 Å². The summed E-state index contributed by atoms with van der Waals surface area (Å²) in [5, 5.41) is 7.76. The quantitative estimate of drug-likeness (QED) is 0.708. The summed E-state index contributed by atoms with van der Waals surface area (Å²) in [5.41, 5.74) is 0. The fourth-order valence-corrected chi connectivity index (χ4v) is 1.95. The van der Waals surface area contributed by atoms with Crippen LogP contribution in [-0.4, -0.2) is 37.0 Å². The third kappa shape index (κ3) is 2.69. The first-order chi connectivity index (χ1) is 6.29. The van der Waals surface area contributed by atoms with Crippen LogP contribution in [0, 0.1) is 5.41 Å². The van der Waals surface area contributed by atoms with E-state index >= 15 is 0 Å². The average molecular weight is 184 g/mol. The SMILES string of the molecule is CCCC(COC)N1CCCC1=N. The molecule has 0 amide bonds. The van der Waals surface area contributed by atoms with Gasteiger partial charge in [0.25, 0.3) is 0 Å². The molecule has 0 aromatic heterocycles. The summed E-state index contributed by atoms with van der Waals surface area (Å²) in [6.07, 6.45) is 4.39. The van der Waals surface area contributed by atoms with E-state index in [1.165, 1.54) is 0 Å². The van der Waals surface area contributed by atoms with Gasteiger partial charge < -0.3 is 9.64 Å². The Morgan fingerprint density at radius 3 is 2.85 bits per heavy atom. The summed E-state index contributed by atoms with van der Waals surface area (Å²) >= 11 is 0. The monoisotopic (exact) mass is 184 g/mol. The van der Waals surface area contributed by atoms with Crippen molar-refractivity contribution in [2.45, 2.75) is 38.6 Å². The van der Waals surface area contributed by atoms with Gasteiger partial charge in [-0.2, -0.15) is 0 Å². The third-order valence-corrected chi connectivity index (χ3v) is 2.58. The molecule has 3 nitrogen and oxygen atoms in total. The van der Waals surface area contributed by atoms with Crippen LogP contribution in [0.5, 0.6) is 0 Å². The van der Waals surface area contributed by atoms with Gasteiger partial charge in [0.1, 0.15) is 0 Å². The molecular weight excluding hydrogens is 164 g/mol. The van der Waals surface area contributed by atoms with Crippen LogP contribution in [0.1, 0.15) is 32.6 Å². The van der Waals surface area contributed by atoms with E-state index in [2.05, 4.69) is 11.8 Å². The van der Waals surface area contributed by atoms with E-state index in [9.17, 15) is 0 Å². The standard InChI is InChI=1S/C10H20N2O/c1-3-5-9(8-13-2)12-7-4-6-10(12)11/h9,11H,3-8H2,1-2H3. The molecule has 1 saturated heterocycles. The number of nitrogens with zero attached hydrogens (tertiary/aromatic N) is 1. The number of rotatable bonds is 5. The van der Waals surface area contributed by atoms with Crippen LogP contribution >= 0.6 is 0 Å². The summed E-state index contributed by atoms with van der Waals surface area (Å²) in [4.78, 5) is 2.20. The van der Waals surface area contributed by atoms with Crippen LogP contribution in [0.3, 0.4) is 0 Å². The summed E-state index contributed by atoms with van der Waals surface area (Å²) < 4.78 is 5.18. The van der Waals surface area contributed by atoms with Gasteiger partial charge in [-0.05, 0) is 12.8 Å². The fourth-order valence-electron chi connectivity index (χ4n) is 1.95. The predicted molar refractivity (Wildman–Crippen MR) is 54.2 cm³/mol. The fraction of sp³-hybridized carbons (Fsp3) is 0.900. The number of nitrogens with one attached hydrogen (secondary N) is 1. The Kier molecular flexibility index (Phi) is 4.22. The molecule has 1 N–H and O–H groups in total. The molecule has 0 saturated carbocycles. The second-order valence-corrected chi connectivity index (χ2v) is 3.64. The Morgan fingerprint density at radius 1 is 1.62 bits per heavy atom. The van der Waals surface area contributed by atoms with Gasteiger partial charge >= 0.3 is 0 Å². The minimum absolute atomic E-state index is 0.435. The molecular formula is C10H20N2O. The molecule has 1 atom stereocenters. The van der Waals surface area contributed by atoms with Gasteiger partial charge in [0, 0.05) is 20.1 Å². The van der Waals surface area contributed by atoms with E-state index in [1.807, 2.05) is 0 Å². The molecule has 1 heterocycles. The molecule has 1 fully saturated rings. The Balaban J connectivity index is 2.47. The topological polar surface area (TPSA) is 36.3 Å². The van der Waals surface area contributed by atoms with Gasteiger partial charge in [0.15, 0.2) is 0 Å². The molecule has 76 valence electrons. The van der Waals surface area contributed by atoms with Crippen molar-refractivity contribution < 1.29 is 4.74 Å². The minimum atomic E-state index is 0.435. The number of likely N-dealkylation sites (tertiary alicyclic amines) is 1. The number of hydrogen-bond donors (Lipinski definition) is 1. The number of hydrogen-bond acceptors (Lipinski definition) is 2. The highest BCUT2D eigenvalue weighted by Gasteiger charge is 2.24. The molecule has 1 unspecified atom stereocenters. The van der Waals surface area contributed by atoms with E-state index < -0.39 is 0 Å². The van der Waals surface area contributed by atoms with E-state index in [4.69, 9.17) is 10.1 Å². The second kappa shape index (κ2) is 5.22. The third-order valence-electron chi connectivity index (χ3n) is 2.58. The molecule has 0 aliphatic carbocycles. The van der Waals surface area contributed by atoms with Crippen LogP contribution in [0.4, 0.5) is 0 Å². The lowest BCUT2D eigenvalue weighted by Crippen LogP contribution is -2.38. The second-order valence-electron chi connectivity index (χ2n) is 3.64. The predicted octanol–water partition coefficient (Wildman–Crippen LogP) is 1.87. The van der Waals surface area contributed by atoms with E-state index in [1.54, 1.807) is 7.11 Å². The highest BCUT2D eigenvalue weighted by Crippen LogP contribution is 2.17. The highest BCUT2D eigenvalue weighted by molar-refractivity contribution is 5.81. The Morgan fingerprint density at radius 2 is 2.38 bits per heavy atom. The van der Waals surface area contributed by atoms with Crippen molar-refractivity contribution in [1.82, 2.24) is 4.90 Å². The van der Waals surface area contributed by atoms with Gasteiger partial charge in [0.2, 0.25) is 0 Å². The van der Waals surface area contributed by atoms with Crippen molar-refractivity contribution in [1.29, 1.82) is 5.41 Å². The molecule has 0 aromatic carbocycles. The lowest BCUT2D eigenvalue weighted by atomic mass is 10.1.